The van der Waals surface area contributed by atoms with Crippen molar-refractivity contribution in [1.29, 1.82) is 0 Å². The van der Waals surface area contributed by atoms with Crippen LogP contribution in [0.25, 0.3) is 0 Å². The molecule has 1 unspecified atom stereocenters. The Hall–Kier alpha value is -0.230. The maximum atomic E-state index is 10.1. The second-order valence-corrected chi connectivity index (χ2v) is 3.72. The van der Waals surface area contributed by atoms with E-state index in [9.17, 15) is 4.21 Å². The second-order valence-electron chi connectivity index (χ2n) is 2.27. The maximum absolute atomic E-state index is 10.1. The summed E-state index contributed by atoms with van der Waals surface area (Å²) in [6.07, 6.45) is 1.68. The van der Waals surface area contributed by atoms with E-state index in [1.54, 1.807) is 11.3 Å². The summed E-state index contributed by atoms with van der Waals surface area (Å²) < 4.78 is 22.8. The van der Waals surface area contributed by atoms with E-state index in [2.05, 4.69) is 9.56 Å². The predicted molar refractivity (Wildman–Crippen MR) is 49.4 cm³/mol. The molecule has 68 valence electrons. The first-order chi connectivity index (χ1) is 5.79. The molecule has 0 radical (unpaired) electrons. The van der Waals surface area contributed by atoms with Crippen LogP contribution in [-0.4, -0.2) is 15.4 Å². The molecule has 1 rings (SSSR count). The van der Waals surface area contributed by atoms with Crippen LogP contribution in [0.1, 0.15) is 12.0 Å². The fourth-order valence-corrected chi connectivity index (χ4v) is 1.80. The quantitative estimate of drug-likeness (QED) is 0.590. The molecule has 0 amide bonds. The summed E-state index contributed by atoms with van der Waals surface area (Å²) in [6.45, 7) is 0.332. The first-order valence-corrected chi connectivity index (χ1v) is 5.51. The highest BCUT2D eigenvalue weighted by Crippen LogP contribution is 2.08. The van der Waals surface area contributed by atoms with Crippen molar-refractivity contribution in [3.8, 4) is 0 Å². The van der Waals surface area contributed by atoms with Crippen LogP contribution >= 0.6 is 11.3 Å². The van der Waals surface area contributed by atoms with Crippen LogP contribution in [0.3, 0.4) is 0 Å². The molecule has 5 heteroatoms. The van der Waals surface area contributed by atoms with Crippen molar-refractivity contribution in [3.05, 3.63) is 22.4 Å². The van der Waals surface area contributed by atoms with Gasteiger partial charge in [-0.3, -0.25) is 8.74 Å². The van der Waals surface area contributed by atoms with Gasteiger partial charge < -0.3 is 0 Å². The zero-order valence-corrected chi connectivity index (χ0v) is 8.07. The minimum Gasteiger partial charge on any atom is -0.284 e. The Bertz CT molecular complexity index is 233. The molecule has 0 saturated heterocycles. The van der Waals surface area contributed by atoms with Crippen molar-refractivity contribution in [1.82, 2.24) is 0 Å². The molecule has 12 heavy (non-hydrogen) atoms. The highest BCUT2D eigenvalue weighted by atomic mass is 32.2. The highest BCUT2D eigenvalue weighted by Gasteiger charge is 1.95. The topological polar surface area (TPSA) is 46.5 Å². The van der Waals surface area contributed by atoms with Gasteiger partial charge in [-0.25, -0.2) is 0 Å². The van der Waals surface area contributed by atoms with Crippen molar-refractivity contribution in [2.75, 3.05) is 6.61 Å². The van der Waals surface area contributed by atoms with E-state index in [4.69, 9.17) is 4.55 Å². The minimum absolute atomic E-state index is 0.332. The van der Waals surface area contributed by atoms with E-state index >= 15 is 0 Å². The molecule has 1 aromatic rings. The van der Waals surface area contributed by atoms with Gasteiger partial charge in [0, 0.05) is 0 Å². The molecule has 1 aromatic heterocycles. The number of rotatable bonds is 5. The van der Waals surface area contributed by atoms with Gasteiger partial charge in [-0.15, -0.1) is 0 Å². The lowest BCUT2D eigenvalue weighted by Gasteiger charge is -1.96. The number of hydrogen-bond acceptors (Lipinski definition) is 3. The van der Waals surface area contributed by atoms with Crippen molar-refractivity contribution in [3.63, 3.8) is 0 Å². The monoisotopic (exact) mass is 206 g/mol. The van der Waals surface area contributed by atoms with Gasteiger partial charge in [0.2, 0.25) is 0 Å². The number of aryl methyl sites for hydroxylation is 1. The summed E-state index contributed by atoms with van der Waals surface area (Å²) in [7, 11) is 0. The molecule has 1 N–H and O–H groups in total. The van der Waals surface area contributed by atoms with Gasteiger partial charge >= 0.3 is 11.4 Å². The highest BCUT2D eigenvalue weighted by molar-refractivity contribution is 7.74. The van der Waals surface area contributed by atoms with Crippen LogP contribution in [0.2, 0.25) is 0 Å². The summed E-state index contributed by atoms with van der Waals surface area (Å²) in [5.41, 5.74) is 1.26. The van der Waals surface area contributed by atoms with Gasteiger partial charge in [0.15, 0.2) is 0 Å². The summed E-state index contributed by atoms with van der Waals surface area (Å²) >= 11 is -0.458. The first-order valence-electron chi connectivity index (χ1n) is 3.54. The van der Waals surface area contributed by atoms with Crippen molar-refractivity contribution in [2.45, 2.75) is 12.8 Å². The molecule has 1 heterocycles. The average Bonchev–Trinajstić information content (AvgIpc) is 2.49. The lowest BCUT2D eigenvalue weighted by molar-refractivity contribution is 0.302. The molecule has 0 aliphatic carbocycles. The Labute approximate surface area is 77.9 Å². The zero-order valence-electron chi connectivity index (χ0n) is 6.43. The van der Waals surface area contributed by atoms with E-state index in [0.29, 0.717) is 6.61 Å². The maximum Gasteiger partial charge on any atom is 0.301 e. The van der Waals surface area contributed by atoms with E-state index in [1.165, 1.54) is 5.56 Å². The molecule has 0 aliphatic heterocycles. The third-order valence-electron chi connectivity index (χ3n) is 1.37. The SMILES string of the molecule is O=S(O)OCCCc1ccsc1. The number of hydrogen-bond donors (Lipinski definition) is 1. The van der Waals surface area contributed by atoms with Crippen LogP contribution in [0.4, 0.5) is 0 Å². The van der Waals surface area contributed by atoms with Gasteiger partial charge in [0.05, 0.1) is 6.61 Å². The van der Waals surface area contributed by atoms with E-state index in [-0.39, 0.29) is 0 Å². The molecule has 0 spiro atoms. The first kappa shape index (κ1) is 9.85. The van der Waals surface area contributed by atoms with Gasteiger partial charge in [-0.1, -0.05) is 0 Å². The molecule has 3 nitrogen and oxygen atoms in total. The van der Waals surface area contributed by atoms with E-state index in [1.807, 2.05) is 11.4 Å². The van der Waals surface area contributed by atoms with Crippen molar-refractivity contribution >= 4 is 22.7 Å². The average molecular weight is 206 g/mol. The molecule has 0 saturated carbocycles. The Morgan fingerprint density at radius 3 is 3.08 bits per heavy atom. The lowest BCUT2D eigenvalue weighted by Crippen LogP contribution is -1.98. The van der Waals surface area contributed by atoms with Crippen LogP contribution < -0.4 is 0 Å². The Morgan fingerprint density at radius 1 is 1.67 bits per heavy atom. The van der Waals surface area contributed by atoms with Crippen LogP contribution in [-0.2, 0) is 22.0 Å². The third kappa shape index (κ3) is 3.96. The molecule has 0 fully saturated rings. The van der Waals surface area contributed by atoms with Crippen LogP contribution in [0.15, 0.2) is 16.8 Å². The molecular formula is C7H10O3S2. The summed E-state index contributed by atoms with van der Waals surface area (Å²) in [5.74, 6) is 0. The third-order valence-corrected chi connectivity index (χ3v) is 2.47. The van der Waals surface area contributed by atoms with Gasteiger partial charge in [0.25, 0.3) is 0 Å². The zero-order chi connectivity index (χ0) is 8.81. The van der Waals surface area contributed by atoms with Crippen molar-refractivity contribution < 1.29 is 12.9 Å². The van der Waals surface area contributed by atoms with Gasteiger partial charge in [-0.05, 0) is 35.2 Å². The van der Waals surface area contributed by atoms with Crippen molar-refractivity contribution in [2.24, 2.45) is 0 Å². The summed E-state index contributed by atoms with van der Waals surface area (Å²) in [4.78, 5) is 0. The predicted octanol–water partition coefficient (Wildman–Crippen LogP) is 1.83. The Balaban J connectivity index is 2.07. The summed E-state index contributed by atoms with van der Waals surface area (Å²) in [6, 6.07) is 2.04. The number of thiophene rings is 1. The second kappa shape index (κ2) is 5.42. The largest absolute Gasteiger partial charge is 0.301 e. The van der Waals surface area contributed by atoms with Gasteiger partial charge in [-0.2, -0.15) is 15.5 Å². The standard InChI is InChI=1S/C7H10O3S2/c8-12(9)10-4-1-2-7-3-5-11-6-7/h3,5-6H,1-2,4H2,(H,8,9). The van der Waals surface area contributed by atoms with Crippen LogP contribution in [0.5, 0.6) is 0 Å². The Kier molecular flexibility index (Phi) is 4.45. The fourth-order valence-electron chi connectivity index (χ4n) is 0.841. The fraction of sp³-hybridized carbons (Fsp3) is 0.429. The molecular weight excluding hydrogens is 196 g/mol. The molecule has 0 aliphatic rings. The summed E-state index contributed by atoms with van der Waals surface area (Å²) in [5, 5.41) is 4.08. The molecule has 0 aromatic carbocycles. The van der Waals surface area contributed by atoms with Gasteiger partial charge in [0.1, 0.15) is 0 Å². The lowest BCUT2D eigenvalue weighted by atomic mass is 10.2. The normalized spacial score (nSPS) is 13.1. The van der Waals surface area contributed by atoms with E-state index in [0.717, 1.165) is 12.8 Å². The van der Waals surface area contributed by atoms with Crippen LogP contribution in [0, 0.1) is 0 Å². The molecule has 1 atom stereocenters. The smallest absolute Gasteiger partial charge is 0.284 e. The molecule has 0 bridgehead atoms. The minimum atomic E-state index is -2.11. The van der Waals surface area contributed by atoms with E-state index < -0.39 is 11.4 Å². The Morgan fingerprint density at radius 2 is 2.50 bits per heavy atom.